The van der Waals surface area contributed by atoms with Crippen molar-refractivity contribution in [3.05, 3.63) is 54.0 Å². The van der Waals surface area contributed by atoms with Gasteiger partial charge in [0.1, 0.15) is 5.75 Å². The number of nitrogens with one attached hydrogen (secondary N) is 1. The van der Waals surface area contributed by atoms with Crippen LogP contribution < -0.4 is 10.1 Å². The van der Waals surface area contributed by atoms with Crippen LogP contribution in [0.1, 0.15) is 15.9 Å². The number of carbonyl (C=O) groups excluding carboxylic acids is 1. The lowest BCUT2D eigenvalue weighted by Gasteiger charge is -2.13. The molecule has 6 heteroatoms. The van der Waals surface area contributed by atoms with Gasteiger partial charge in [0.2, 0.25) is 0 Å². The number of methoxy groups -OCH3 is 1. The monoisotopic (exact) mass is 523 g/mol. The zero-order chi connectivity index (χ0) is 15.6. The number of amides is 1. The molecule has 2 rings (SSSR count). The molecule has 0 unspecified atom stereocenters. The van der Waals surface area contributed by atoms with E-state index >= 15 is 0 Å². The first-order valence-electron chi connectivity index (χ1n) is 6.03. The van der Waals surface area contributed by atoms with Crippen molar-refractivity contribution >= 4 is 66.0 Å². The molecule has 110 valence electrons. The molecule has 2 aromatic rings. The predicted octanol–water partition coefficient (Wildman–Crippen LogP) is 5.39. The summed E-state index contributed by atoms with van der Waals surface area (Å²) >= 11 is 9.00. The van der Waals surface area contributed by atoms with Crippen LogP contribution in [0, 0.1) is 10.5 Å². The minimum atomic E-state index is -0.198. The highest BCUT2D eigenvalue weighted by atomic mass is 127. The van der Waals surface area contributed by atoms with Crippen LogP contribution in [-0.4, -0.2) is 13.0 Å². The van der Waals surface area contributed by atoms with Gasteiger partial charge in [0.25, 0.3) is 5.91 Å². The molecule has 0 spiro atoms. The maximum atomic E-state index is 12.5. The number of benzene rings is 2. The molecular formula is C15H12Br2INO2. The van der Waals surface area contributed by atoms with Crippen LogP contribution in [0.5, 0.6) is 5.75 Å². The van der Waals surface area contributed by atoms with Crippen molar-refractivity contribution in [3.8, 4) is 5.75 Å². The first kappa shape index (κ1) is 16.8. The Morgan fingerprint density at radius 1 is 1.19 bits per heavy atom. The normalized spacial score (nSPS) is 10.3. The molecule has 0 saturated carbocycles. The standard InChI is InChI=1S/C15H12Br2INO2/c1-8-5-10(17)6-11(14(8)21-2)15(20)19-13-4-3-9(16)7-12(13)18/h3-7H,1-2H3,(H,19,20). The van der Waals surface area contributed by atoms with Gasteiger partial charge in [0.05, 0.1) is 18.4 Å². The Balaban J connectivity index is 2.36. The number of aryl methyl sites for hydroxylation is 1. The lowest BCUT2D eigenvalue weighted by atomic mass is 10.1. The number of rotatable bonds is 3. The average Bonchev–Trinajstić information content (AvgIpc) is 2.41. The summed E-state index contributed by atoms with van der Waals surface area (Å²) in [6, 6.07) is 9.37. The molecule has 2 aromatic carbocycles. The number of anilines is 1. The van der Waals surface area contributed by atoms with Crippen molar-refractivity contribution in [2.24, 2.45) is 0 Å². The highest BCUT2D eigenvalue weighted by molar-refractivity contribution is 14.1. The number of hydrogen-bond acceptors (Lipinski definition) is 2. The van der Waals surface area contributed by atoms with Crippen molar-refractivity contribution in [2.45, 2.75) is 6.92 Å². The summed E-state index contributed by atoms with van der Waals surface area (Å²) in [5.41, 5.74) is 2.18. The topological polar surface area (TPSA) is 38.3 Å². The Hall–Kier alpha value is -0.600. The average molecular weight is 525 g/mol. The summed E-state index contributed by atoms with van der Waals surface area (Å²) in [7, 11) is 1.57. The smallest absolute Gasteiger partial charge is 0.259 e. The molecule has 1 amide bonds. The zero-order valence-corrected chi connectivity index (χ0v) is 16.7. The maximum Gasteiger partial charge on any atom is 0.259 e. The van der Waals surface area contributed by atoms with Crippen molar-refractivity contribution in [1.82, 2.24) is 0 Å². The van der Waals surface area contributed by atoms with E-state index in [4.69, 9.17) is 4.74 Å². The molecule has 0 aliphatic heterocycles. The minimum absolute atomic E-state index is 0.198. The van der Waals surface area contributed by atoms with Gasteiger partial charge < -0.3 is 10.1 Å². The van der Waals surface area contributed by atoms with E-state index < -0.39 is 0 Å². The van der Waals surface area contributed by atoms with E-state index in [1.165, 1.54) is 0 Å². The summed E-state index contributed by atoms with van der Waals surface area (Å²) < 4.78 is 8.12. The van der Waals surface area contributed by atoms with Crippen LogP contribution in [0.4, 0.5) is 5.69 Å². The van der Waals surface area contributed by atoms with Gasteiger partial charge in [-0.25, -0.2) is 0 Å². The summed E-state index contributed by atoms with van der Waals surface area (Å²) in [6.07, 6.45) is 0. The summed E-state index contributed by atoms with van der Waals surface area (Å²) in [5.74, 6) is 0.388. The summed E-state index contributed by atoms with van der Waals surface area (Å²) in [5, 5.41) is 2.91. The SMILES string of the molecule is COc1c(C)cc(Br)cc1C(=O)Nc1ccc(Br)cc1I. The van der Waals surface area contributed by atoms with E-state index in [1.807, 2.05) is 31.2 Å². The fourth-order valence-corrected chi connectivity index (χ4v) is 3.96. The molecule has 1 N–H and O–H groups in total. The van der Waals surface area contributed by atoms with Gasteiger partial charge in [-0.15, -0.1) is 0 Å². The highest BCUT2D eigenvalue weighted by Gasteiger charge is 2.16. The van der Waals surface area contributed by atoms with Gasteiger partial charge in [0, 0.05) is 12.5 Å². The van der Waals surface area contributed by atoms with E-state index in [2.05, 4.69) is 59.8 Å². The third-order valence-corrected chi connectivity index (χ3v) is 4.71. The van der Waals surface area contributed by atoms with E-state index in [1.54, 1.807) is 13.2 Å². The van der Waals surface area contributed by atoms with Crippen molar-refractivity contribution < 1.29 is 9.53 Å². The molecule has 0 fully saturated rings. The first-order valence-corrected chi connectivity index (χ1v) is 8.69. The number of halogens is 3. The quantitative estimate of drug-likeness (QED) is 0.547. The van der Waals surface area contributed by atoms with Gasteiger partial charge >= 0.3 is 0 Å². The second-order valence-electron chi connectivity index (χ2n) is 4.38. The van der Waals surface area contributed by atoms with Crippen molar-refractivity contribution in [1.29, 1.82) is 0 Å². The lowest BCUT2D eigenvalue weighted by Crippen LogP contribution is -2.14. The Labute approximate surface area is 153 Å². The molecule has 0 heterocycles. The molecular weight excluding hydrogens is 513 g/mol. The predicted molar refractivity (Wildman–Crippen MR) is 100 cm³/mol. The fourth-order valence-electron chi connectivity index (χ4n) is 1.95. The molecule has 0 aliphatic carbocycles. The zero-order valence-electron chi connectivity index (χ0n) is 11.3. The van der Waals surface area contributed by atoms with E-state index in [0.29, 0.717) is 11.3 Å². The molecule has 3 nitrogen and oxygen atoms in total. The molecule has 21 heavy (non-hydrogen) atoms. The van der Waals surface area contributed by atoms with Crippen molar-refractivity contribution in [2.75, 3.05) is 12.4 Å². The van der Waals surface area contributed by atoms with E-state index in [0.717, 1.165) is 23.8 Å². The van der Waals surface area contributed by atoms with Gasteiger partial charge in [-0.05, 0) is 65.4 Å². The van der Waals surface area contributed by atoms with Gasteiger partial charge in [-0.1, -0.05) is 31.9 Å². The first-order chi connectivity index (χ1) is 9.92. The maximum absolute atomic E-state index is 12.5. The largest absolute Gasteiger partial charge is 0.496 e. The van der Waals surface area contributed by atoms with Gasteiger partial charge in [-0.2, -0.15) is 0 Å². The van der Waals surface area contributed by atoms with Gasteiger partial charge in [-0.3, -0.25) is 4.79 Å². The molecule has 0 bridgehead atoms. The number of carbonyl (C=O) groups is 1. The minimum Gasteiger partial charge on any atom is -0.496 e. The lowest BCUT2D eigenvalue weighted by molar-refractivity contribution is 0.102. The van der Waals surface area contributed by atoms with Crippen LogP contribution >= 0.6 is 54.5 Å². The Kier molecular flexibility index (Phi) is 5.67. The van der Waals surface area contributed by atoms with Crippen LogP contribution in [-0.2, 0) is 0 Å². The summed E-state index contributed by atoms with van der Waals surface area (Å²) in [6.45, 7) is 1.91. The third kappa shape index (κ3) is 3.98. The Morgan fingerprint density at radius 3 is 2.52 bits per heavy atom. The molecule has 0 aromatic heterocycles. The molecule has 0 atom stereocenters. The summed E-state index contributed by atoms with van der Waals surface area (Å²) in [4.78, 5) is 12.5. The van der Waals surface area contributed by atoms with E-state index in [9.17, 15) is 4.79 Å². The number of hydrogen-bond donors (Lipinski definition) is 1. The highest BCUT2D eigenvalue weighted by Crippen LogP contribution is 2.29. The fraction of sp³-hybridized carbons (Fsp3) is 0.133. The second kappa shape index (κ2) is 7.11. The second-order valence-corrected chi connectivity index (χ2v) is 7.38. The van der Waals surface area contributed by atoms with Crippen LogP contribution in [0.2, 0.25) is 0 Å². The van der Waals surface area contributed by atoms with Gasteiger partial charge in [0.15, 0.2) is 0 Å². The molecule has 0 saturated heterocycles. The van der Waals surface area contributed by atoms with Crippen LogP contribution in [0.15, 0.2) is 39.3 Å². The Bertz CT molecular complexity index is 704. The van der Waals surface area contributed by atoms with E-state index in [-0.39, 0.29) is 5.91 Å². The van der Waals surface area contributed by atoms with Crippen LogP contribution in [0.25, 0.3) is 0 Å². The van der Waals surface area contributed by atoms with Crippen LogP contribution in [0.3, 0.4) is 0 Å². The Morgan fingerprint density at radius 2 is 1.90 bits per heavy atom. The molecule has 0 aliphatic rings. The number of ether oxygens (including phenoxy) is 1. The third-order valence-electron chi connectivity index (χ3n) is 2.87. The van der Waals surface area contributed by atoms with Crippen molar-refractivity contribution in [3.63, 3.8) is 0 Å². The molecule has 0 radical (unpaired) electrons.